The molecule has 6 heteroatoms. The number of aromatic nitrogens is 1. The normalized spacial score (nSPS) is 18.1. The molecule has 1 aliphatic rings. The van der Waals surface area contributed by atoms with Crippen LogP contribution in [0.2, 0.25) is 0 Å². The molecule has 1 unspecified atom stereocenters. The summed E-state index contributed by atoms with van der Waals surface area (Å²) in [6.07, 6.45) is 2.53. The Morgan fingerprint density at radius 3 is 3.00 bits per heavy atom. The summed E-state index contributed by atoms with van der Waals surface area (Å²) < 4.78 is 9.80. The summed E-state index contributed by atoms with van der Waals surface area (Å²) in [7, 11) is 2.83. The number of carbonyl (C=O) groups is 1. The van der Waals surface area contributed by atoms with Crippen molar-refractivity contribution < 1.29 is 14.3 Å². The van der Waals surface area contributed by atoms with E-state index in [0.717, 1.165) is 12.4 Å². The molecule has 1 aromatic rings. The highest BCUT2D eigenvalue weighted by molar-refractivity contribution is 8.00. The second-order valence-corrected chi connectivity index (χ2v) is 5.67. The summed E-state index contributed by atoms with van der Waals surface area (Å²) in [4.78, 5) is 15.8. The first-order chi connectivity index (χ1) is 9.24. The summed E-state index contributed by atoms with van der Waals surface area (Å²) in [5.41, 5.74) is 0.339. The Hall–Kier alpha value is -1.43. The van der Waals surface area contributed by atoms with E-state index in [9.17, 15) is 4.79 Å². The molecule has 1 aromatic heterocycles. The quantitative estimate of drug-likeness (QED) is 0.835. The number of nitrogens with zero attached hydrogens (tertiary/aromatic N) is 1. The third kappa shape index (κ3) is 3.53. The van der Waals surface area contributed by atoms with Gasteiger partial charge in [0.05, 0.1) is 14.2 Å². The van der Waals surface area contributed by atoms with E-state index in [1.54, 1.807) is 12.1 Å². The van der Waals surface area contributed by atoms with Crippen LogP contribution in [0.5, 0.6) is 5.88 Å². The molecule has 0 aliphatic carbocycles. The number of hydrogen-bond acceptors (Lipinski definition) is 6. The smallest absolute Gasteiger partial charge is 0.343 e. The number of pyridine rings is 1. The summed E-state index contributed by atoms with van der Waals surface area (Å²) in [5.74, 6) is 1.81. The minimum Gasteiger partial charge on any atom is -0.480 e. The maximum Gasteiger partial charge on any atom is 0.343 e. The topological polar surface area (TPSA) is 60.5 Å². The first-order valence-corrected chi connectivity index (χ1v) is 7.28. The summed E-state index contributed by atoms with van der Waals surface area (Å²) in [6.45, 7) is 0.887. The second-order valence-electron chi connectivity index (χ2n) is 4.26. The van der Waals surface area contributed by atoms with E-state index in [0.29, 0.717) is 10.8 Å². The van der Waals surface area contributed by atoms with Gasteiger partial charge in [0.2, 0.25) is 5.88 Å². The van der Waals surface area contributed by atoms with Gasteiger partial charge in [-0.25, -0.2) is 4.79 Å². The number of methoxy groups -OCH3 is 2. The number of rotatable bonds is 5. The van der Waals surface area contributed by atoms with E-state index in [-0.39, 0.29) is 5.88 Å². The lowest BCUT2D eigenvalue weighted by atomic mass is 10.2. The maximum absolute atomic E-state index is 11.5. The van der Waals surface area contributed by atoms with Gasteiger partial charge in [-0.2, -0.15) is 16.7 Å². The van der Waals surface area contributed by atoms with Crippen molar-refractivity contribution in [2.45, 2.75) is 18.1 Å². The number of nitrogens with one attached hydrogen (secondary N) is 1. The van der Waals surface area contributed by atoms with Gasteiger partial charge in [0.15, 0.2) is 0 Å². The van der Waals surface area contributed by atoms with Gasteiger partial charge in [-0.1, -0.05) is 0 Å². The third-order valence-electron chi connectivity index (χ3n) is 2.99. The SMILES string of the molecule is COC(=O)c1ccc(NCC2CCCS2)nc1OC. The van der Waals surface area contributed by atoms with Crippen molar-refractivity contribution in [1.29, 1.82) is 0 Å². The number of hydrogen-bond donors (Lipinski definition) is 1. The zero-order chi connectivity index (χ0) is 13.7. The minimum atomic E-state index is -0.442. The van der Waals surface area contributed by atoms with Crippen LogP contribution in [0.25, 0.3) is 0 Å². The molecule has 0 bridgehead atoms. The highest BCUT2D eigenvalue weighted by Gasteiger charge is 2.17. The Kier molecular flexibility index (Phi) is 4.90. The zero-order valence-corrected chi connectivity index (χ0v) is 12.0. The zero-order valence-electron chi connectivity index (χ0n) is 11.1. The van der Waals surface area contributed by atoms with Gasteiger partial charge in [-0.05, 0) is 30.7 Å². The molecule has 0 saturated carbocycles. The first-order valence-electron chi connectivity index (χ1n) is 6.23. The van der Waals surface area contributed by atoms with Crippen LogP contribution >= 0.6 is 11.8 Å². The van der Waals surface area contributed by atoms with Crippen molar-refractivity contribution >= 4 is 23.5 Å². The van der Waals surface area contributed by atoms with Crippen molar-refractivity contribution in [2.24, 2.45) is 0 Å². The monoisotopic (exact) mass is 282 g/mol. The molecular weight excluding hydrogens is 264 g/mol. The minimum absolute atomic E-state index is 0.288. The lowest BCUT2D eigenvalue weighted by molar-refractivity contribution is 0.0596. The van der Waals surface area contributed by atoms with E-state index in [4.69, 9.17) is 4.74 Å². The molecule has 0 radical (unpaired) electrons. The van der Waals surface area contributed by atoms with Crippen LogP contribution in [0.3, 0.4) is 0 Å². The molecule has 0 aromatic carbocycles. The standard InChI is InChI=1S/C13H18N2O3S/c1-17-12-10(13(16)18-2)5-6-11(15-12)14-8-9-4-3-7-19-9/h5-6,9H,3-4,7-8H2,1-2H3,(H,14,15). The highest BCUT2D eigenvalue weighted by atomic mass is 32.2. The predicted molar refractivity (Wildman–Crippen MR) is 76.1 cm³/mol. The van der Waals surface area contributed by atoms with Crippen LogP contribution in [0.15, 0.2) is 12.1 Å². The van der Waals surface area contributed by atoms with Crippen molar-refractivity contribution in [3.63, 3.8) is 0 Å². The Morgan fingerprint density at radius 1 is 1.53 bits per heavy atom. The molecule has 0 amide bonds. The fourth-order valence-corrected chi connectivity index (χ4v) is 3.18. The molecule has 1 aliphatic heterocycles. The summed E-state index contributed by atoms with van der Waals surface area (Å²) >= 11 is 1.99. The van der Waals surface area contributed by atoms with Gasteiger partial charge in [-0.15, -0.1) is 0 Å². The molecular formula is C13H18N2O3S. The van der Waals surface area contributed by atoms with Gasteiger partial charge in [0, 0.05) is 11.8 Å². The fraction of sp³-hybridized carbons (Fsp3) is 0.538. The van der Waals surface area contributed by atoms with E-state index in [1.165, 1.54) is 32.8 Å². The molecule has 2 rings (SSSR count). The Bertz CT molecular complexity index is 448. The molecule has 0 spiro atoms. The fourth-order valence-electron chi connectivity index (χ4n) is 1.98. The van der Waals surface area contributed by atoms with Crippen molar-refractivity contribution in [1.82, 2.24) is 4.98 Å². The largest absolute Gasteiger partial charge is 0.480 e. The Balaban J connectivity index is 2.03. The van der Waals surface area contributed by atoms with Crippen LogP contribution in [0.4, 0.5) is 5.82 Å². The average Bonchev–Trinajstić information content (AvgIpc) is 2.97. The molecule has 2 heterocycles. The van der Waals surface area contributed by atoms with Gasteiger partial charge in [-0.3, -0.25) is 0 Å². The van der Waals surface area contributed by atoms with Gasteiger partial charge in [0.25, 0.3) is 0 Å². The van der Waals surface area contributed by atoms with Crippen LogP contribution < -0.4 is 10.1 Å². The highest BCUT2D eigenvalue weighted by Crippen LogP contribution is 2.26. The number of carbonyl (C=O) groups excluding carboxylic acids is 1. The Morgan fingerprint density at radius 2 is 2.37 bits per heavy atom. The second kappa shape index (κ2) is 6.65. The molecule has 1 saturated heterocycles. The molecule has 104 valence electrons. The van der Waals surface area contributed by atoms with Crippen LogP contribution in [-0.2, 0) is 4.74 Å². The van der Waals surface area contributed by atoms with Gasteiger partial charge < -0.3 is 14.8 Å². The molecule has 1 fully saturated rings. The van der Waals surface area contributed by atoms with E-state index in [2.05, 4.69) is 15.0 Å². The lowest BCUT2D eigenvalue weighted by Gasteiger charge is -2.12. The van der Waals surface area contributed by atoms with Crippen molar-refractivity contribution in [2.75, 3.05) is 31.8 Å². The van der Waals surface area contributed by atoms with E-state index >= 15 is 0 Å². The molecule has 19 heavy (non-hydrogen) atoms. The van der Waals surface area contributed by atoms with Gasteiger partial charge >= 0.3 is 5.97 Å². The number of ether oxygens (including phenoxy) is 2. The maximum atomic E-state index is 11.5. The first kappa shape index (κ1) is 14.0. The summed E-state index contributed by atoms with van der Waals surface area (Å²) in [5, 5.41) is 3.93. The van der Waals surface area contributed by atoms with Crippen molar-refractivity contribution in [3.8, 4) is 5.88 Å². The van der Waals surface area contributed by atoms with Crippen LogP contribution in [0, 0.1) is 0 Å². The van der Waals surface area contributed by atoms with E-state index < -0.39 is 5.97 Å². The lowest BCUT2D eigenvalue weighted by Crippen LogP contribution is -2.15. The average molecular weight is 282 g/mol. The number of anilines is 1. The van der Waals surface area contributed by atoms with E-state index in [1.807, 2.05) is 11.8 Å². The van der Waals surface area contributed by atoms with Crippen LogP contribution in [0.1, 0.15) is 23.2 Å². The molecule has 5 nitrogen and oxygen atoms in total. The van der Waals surface area contributed by atoms with Crippen LogP contribution in [-0.4, -0.2) is 42.7 Å². The Labute approximate surface area is 117 Å². The summed E-state index contributed by atoms with van der Waals surface area (Å²) in [6, 6.07) is 3.44. The number of esters is 1. The molecule has 1 N–H and O–H groups in total. The molecule has 1 atom stereocenters. The van der Waals surface area contributed by atoms with Crippen molar-refractivity contribution in [3.05, 3.63) is 17.7 Å². The van der Waals surface area contributed by atoms with Gasteiger partial charge in [0.1, 0.15) is 11.4 Å². The number of thioether (sulfide) groups is 1. The predicted octanol–water partition coefficient (Wildman–Crippen LogP) is 2.18. The third-order valence-corrected chi connectivity index (χ3v) is 4.39.